The van der Waals surface area contributed by atoms with E-state index in [9.17, 15) is 4.79 Å². The third kappa shape index (κ3) is 5.40. The van der Waals surface area contributed by atoms with E-state index in [0.29, 0.717) is 5.56 Å². The van der Waals surface area contributed by atoms with Crippen LogP contribution in [-0.4, -0.2) is 39.7 Å². The Morgan fingerprint density at radius 3 is 2.00 bits per heavy atom. The number of anilines is 2. The summed E-state index contributed by atoms with van der Waals surface area (Å²) in [6.45, 7) is 2.12. The Morgan fingerprint density at radius 2 is 1.52 bits per heavy atom. The monoisotopic (exact) mass is 354 g/mol. The Bertz CT molecular complexity index is 723. The molecular formula is C21H26N2OS. The number of allylic oxidation sites excluding steroid dienone is 1. The topological polar surface area (TPSA) is 23.6 Å². The summed E-state index contributed by atoms with van der Waals surface area (Å²) in [4.78, 5) is 17.7. The molecule has 0 atom stereocenters. The second-order valence-electron chi connectivity index (χ2n) is 6.23. The highest BCUT2D eigenvalue weighted by Gasteiger charge is 2.05. The minimum atomic E-state index is 0.0229. The van der Waals surface area contributed by atoms with Crippen molar-refractivity contribution in [1.82, 2.24) is 0 Å². The molecule has 0 unspecified atom stereocenters. The molecule has 2 aromatic carbocycles. The van der Waals surface area contributed by atoms with E-state index in [-0.39, 0.29) is 5.78 Å². The lowest BCUT2D eigenvalue weighted by molar-refractivity contribution is 0.104. The molecule has 0 aliphatic carbocycles. The van der Waals surface area contributed by atoms with Gasteiger partial charge in [-0.25, -0.2) is 0 Å². The minimum Gasteiger partial charge on any atom is -0.378 e. The van der Waals surface area contributed by atoms with E-state index < -0.39 is 0 Å². The van der Waals surface area contributed by atoms with Crippen LogP contribution in [0.5, 0.6) is 0 Å². The molecule has 0 saturated carbocycles. The number of hydrogen-bond acceptors (Lipinski definition) is 4. The van der Waals surface area contributed by atoms with E-state index in [1.54, 1.807) is 17.8 Å². The van der Waals surface area contributed by atoms with E-state index in [4.69, 9.17) is 0 Å². The molecule has 0 fully saturated rings. The van der Waals surface area contributed by atoms with Gasteiger partial charge in [-0.2, -0.15) is 0 Å². The molecule has 0 aliphatic heterocycles. The van der Waals surface area contributed by atoms with Crippen LogP contribution in [0.25, 0.3) is 6.08 Å². The highest BCUT2D eigenvalue weighted by atomic mass is 32.2. The van der Waals surface area contributed by atoms with E-state index in [1.807, 2.05) is 58.5 Å². The zero-order chi connectivity index (χ0) is 18.4. The molecule has 3 nitrogen and oxygen atoms in total. The molecule has 0 aromatic heterocycles. The van der Waals surface area contributed by atoms with Gasteiger partial charge in [-0.3, -0.25) is 4.79 Å². The summed E-state index contributed by atoms with van der Waals surface area (Å²) >= 11 is 1.78. The smallest absolute Gasteiger partial charge is 0.185 e. The number of benzene rings is 2. The van der Waals surface area contributed by atoms with Gasteiger partial charge in [0.05, 0.1) is 0 Å². The van der Waals surface area contributed by atoms with Crippen molar-refractivity contribution in [2.45, 2.75) is 11.8 Å². The summed E-state index contributed by atoms with van der Waals surface area (Å²) in [7, 11) is 8.07. The Hall–Kier alpha value is -2.20. The van der Waals surface area contributed by atoms with E-state index in [0.717, 1.165) is 22.7 Å². The second-order valence-corrected chi connectivity index (χ2v) is 7.56. The van der Waals surface area contributed by atoms with E-state index in [2.05, 4.69) is 34.9 Å². The summed E-state index contributed by atoms with van der Waals surface area (Å²) in [5, 5.41) is 0. The Balaban J connectivity index is 2.21. The van der Waals surface area contributed by atoms with Gasteiger partial charge in [0.15, 0.2) is 5.78 Å². The Kier molecular flexibility index (Phi) is 6.71. The lowest BCUT2D eigenvalue weighted by Gasteiger charge is -2.19. The molecule has 0 spiro atoms. The second kappa shape index (κ2) is 8.77. The maximum Gasteiger partial charge on any atom is 0.185 e. The minimum absolute atomic E-state index is 0.0229. The third-order valence-electron chi connectivity index (χ3n) is 3.83. The largest absolute Gasteiger partial charge is 0.378 e. The first-order valence-electron chi connectivity index (χ1n) is 8.35. The first-order chi connectivity index (χ1) is 11.9. The van der Waals surface area contributed by atoms with Crippen LogP contribution >= 0.6 is 11.8 Å². The lowest BCUT2D eigenvalue weighted by atomic mass is 10.1. The molecular weight excluding hydrogens is 328 g/mol. The zero-order valence-electron chi connectivity index (χ0n) is 15.6. The van der Waals surface area contributed by atoms with Gasteiger partial charge in [-0.15, -0.1) is 11.8 Å². The van der Waals surface area contributed by atoms with Gasteiger partial charge in [0.2, 0.25) is 0 Å². The zero-order valence-corrected chi connectivity index (χ0v) is 16.4. The van der Waals surface area contributed by atoms with Gasteiger partial charge in [0.25, 0.3) is 0 Å². The quantitative estimate of drug-likeness (QED) is 0.404. The molecule has 2 aromatic rings. The Labute approximate surface area is 155 Å². The van der Waals surface area contributed by atoms with Crippen molar-refractivity contribution < 1.29 is 4.79 Å². The molecule has 25 heavy (non-hydrogen) atoms. The molecule has 0 N–H and O–H groups in total. The molecule has 0 bridgehead atoms. The van der Waals surface area contributed by atoms with Crippen LogP contribution in [0.15, 0.2) is 53.4 Å². The molecule has 0 heterocycles. The van der Waals surface area contributed by atoms with Crippen molar-refractivity contribution in [3.05, 3.63) is 59.7 Å². The third-order valence-corrected chi connectivity index (χ3v) is 4.73. The molecule has 0 aliphatic rings. The highest BCUT2D eigenvalue weighted by Crippen LogP contribution is 2.24. The van der Waals surface area contributed by atoms with E-state index >= 15 is 0 Å². The molecule has 2 rings (SSSR count). The molecule has 132 valence electrons. The van der Waals surface area contributed by atoms with Gasteiger partial charge in [0, 0.05) is 50.0 Å². The van der Waals surface area contributed by atoms with Crippen molar-refractivity contribution in [2.24, 2.45) is 0 Å². The van der Waals surface area contributed by atoms with Crippen molar-refractivity contribution in [3.8, 4) is 0 Å². The van der Waals surface area contributed by atoms with Crippen LogP contribution in [0, 0.1) is 0 Å². The van der Waals surface area contributed by atoms with Gasteiger partial charge < -0.3 is 9.80 Å². The standard InChI is InChI=1S/C21H26N2OS/c1-6-25-20-10-8-17(9-11-20)21(24)12-7-16-13-18(22(2)3)15-19(14-16)23(4)5/h7-15H,6H2,1-5H3. The van der Waals surface area contributed by atoms with Crippen LogP contribution in [0.1, 0.15) is 22.8 Å². The molecule has 4 heteroatoms. The van der Waals surface area contributed by atoms with Gasteiger partial charge in [-0.05, 0) is 59.9 Å². The van der Waals surface area contributed by atoms with Crippen molar-refractivity contribution in [1.29, 1.82) is 0 Å². The Morgan fingerprint density at radius 1 is 0.960 bits per heavy atom. The summed E-state index contributed by atoms with van der Waals surface area (Å²) < 4.78 is 0. The normalized spacial score (nSPS) is 10.9. The summed E-state index contributed by atoms with van der Waals surface area (Å²) in [6, 6.07) is 14.1. The molecule has 0 saturated heterocycles. The van der Waals surface area contributed by atoms with Gasteiger partial charge in [0.1, 0.15) is 0 Å². The fourth-order valence-corrected chi connectivity index (χ4v) is 3.04. The lowest BCUT2D eigenvalue weighted by Crippen LogP contribution is -2.12. The number of carbonyl (C=O) groups is 1. The van der Waals surface area contributed by atoms with Crippen LogP contribution < -0.4 is 9.80 Å². The SMILES string of the molecule is CCSc1ccc(C(=O)C=Cc2cc(N(C)C)cc(N(C)C)c2)cc1. The summed E-state index contributed by atoms with van der Waals surface area (Å²) in [5.74, 6) is 1.05. The number of hydrogen-bond donors (Lipinski definition) is 0. The van der Waals surface area contributed by atoms with Gasteiger partial charge in [-0.1, -0.05) is 13.0 Å². The average Bonchev–Trinajstić information content (AvgIpc) is 2.60. The van der Waals surface area contributed by atoms with Crippen LogP contribution in [0.2, 0.25) is 0 Å². The number of thioether (sulfide) groups is 1. The fourth-order valence-electron chi connectivity index (χ4n) is 2.38. The van der Waals surface area contributed by atoms with Crippen molar-refractivity contribution in [2.75, 3.05) is 43.7 Å². The number of carbonyl (C=O) groups excluding carboxylic acids is 1. The maximum absolute atomic E-state index is 12.4. The number of ketones is 1. The average molecular weight is 355 g/mol. The summed E-state index contributed by atoms with van der Waals surface area (Å²) in [5.41, 5.74) is 3.95. The number of nitrogens with zero attached hydrogens (tertiary/aromatic N) is 2. The predicted octanol–water partition coefficient (Wildman–Crippen LogP) is 4.83. The maximum atomic E-state index is 12.4. The first kappa shape index (κ1) is 19.1. The first-order valence-corrected chi connectivity index (χ1v) is 9.34. The molecule has 0 radical (unpaired) electrons. The van der Waals surface area contributed by atoms with Crippen LogP contribution in [0.3, 0.4) is 0 Å². The number of rotatable bonds is 7. The fraction of sp³-hybridized carbons (Fsp3) is 0.286. The van der Waals surface area contributed by atoms with Crippen LogP contribution in [-0.2, 0) is 0 Å². The van der Waals surface area contributed by atoms with Crippen molar-refractivity contribution >= 4 is 35.0 Å². The van der Waals surface area contributed by atoms with E-state index in [1.165, 1.54) is 4.90 Å². The predicted molar refractivity (Wildman–Crippen MR) is 111 cm³/mol. The molecule has 0 amide bonds. The summed E-state index contributed by atoms with van der Waals surface area (Å²) in [6.07, 6.45) is 3.53. The van der Waals surface area contributed by atoms with Gasteiger partial charge >= 0.3 is 0 Å². The van der Waals surface area contributed by atoms with Crippen molar-refractivity contribution in [3.63, 3.8) is 0 Å². The van der Waals surface area contributed by atoms with Crippen LogP contribution in [0.4, 0.5) is 11.4 Å². The highest BCUT2D eigenvalue weighted by molar-refractivity contribution is 7.99.